The number of benzene rings is 2. The van der Waals surface area contributed by atoms with Crippen LogP contribution in [0, 0.1) is 35.2 Å². The summed E-state index contributed by atoms with van der Waals surface area (Å²) in [6, 6.07) is 6.91. The van der Waals surface area contributed by atoms with Gasteiger partial charge in [-0.05, 0) is 91.2 Å². The maximum atomic E-state index is 14.9. The lowest BCUT2D eigenvalue weighted by atomic mass is 9.64. The molecule has 0 heterocycles. The second-order valence-corrected chi connectivity index (χ2v) is 8.66. The van der Waals surface area contributed by atoms with Crippen molar-refractivity contribution < 1.29 is 17.9 Å². The van der Waals surface area contributed by atoms with Gasteiger partial charge in [-0.25, -0.2) is 13.2 Å². The molecule has 0 aliphatic heterocycles. The van der Waals surface area contributed by atoms with Gasteiger partial charge >= 0.3 is 0 Å². The van der Waals surface area contributed by atoms with E-state index < -0.39 is 17.5 Å². The third-order valence-electron chi connectivity index (χ3n) is 6.85. The maximum absolute atomic E-state index is 14.9. The number of halogens is 3. The first kappa shape index (κ1) is 19.4. The molecule has 4 heteroatoms. The van der Waals surface area contributed by atoms with E-state index in [9.17, 15) is 13.2 Å². The molecule has 150 valence electrons. The van der Waals surface area contributed by atoms with E-state index in [1.165, 1.54) is 50.6 Å². The van der Waals surface area contributed by atoms with E-state index in [-0.39, 0.29) is 22.8 Å². The number of hydrogen-bond acceptors (Lipinski definition) is 1. The van der Waals surface area contributed by atoms with E-state index in [2.05, 4.69) is 6.92 Å². The molecule has 2 aromatic rings. The topological polar surface area (TPSA) is 9.23 Å². The molecule has 28 heavy (non-hydrogen) atoms. The van der Waals surface area contributed by atoms with E-state index >= 15 is 0 Å². The molecule has 2 aliphatic rings. The molecule has 0 saturated heterocycles. The molecule has 4 atom stereocenters. The van der Waals surface area contributed by atoms with Crippen LogP contribution in [-0.4, -0.2) is 7.11 Å². The summed E-state index contributed by atoms with van der Waals surface area (Å²) in [5.74, 6) is 0.634. The van der Waals surface area contributed by atoms with E-state index in [0.29, 0.717) is 5.92 Å². The quantitative estimate of drug-likeness (QED) is 0.545. The van der Waals surface area contributed by atoms with Crippen molar-refractivity contribution in [2.45, 2.75) is 51.4 Å². The molecular formula is C24H27F3O. The molecule has 2 saturated carbocycles. The van der Waals surface area contributed by atoms with Crippen LogP contribution in [0.3, 0.4) is 0 Å². The molecule has 4 unspecified atom stereocenters. The summed E-state index contributed by atoms with van der Waals surface area (Å²) in [7, 11) is 1.36. The van der Waals surface area contributed by atoms with Crippen LogP contribution in [-0.2, 0) is 0 Å². The summed E-state index contributed by atoms with van der Waals surface area (Å²) in [5, 5.41) is 0. The third-order valence-corrected chi connectivity index (χ3v) is 6.85. The summed E-state index contributed by atoms with van der Waals surface area (Å²) in [6.07, 6.45) is 6.95. The van der Waals surface area contributed by atoms with Gasteiger partial charge in [0.1, 0.15) is 11.6 Å². The molecule has 2 aliphatic carbocycles. The zero-order valence-electron chi connectivity index (χ0n) is 16.5. The van der Waals surface area contributed by atoms with Crippen molar-refractivity contribution in [1.82, 2.24) is 0 Å². The number of methoxy groups -OCH3 is 1. The van der Waals surface area contributed by atoms with Crippen molar-refractivity contribution >= 4 is 0 Å². The van der Waals surface area contributed by atoms with Crippen molar-refractivity contribution in [3.63, 3.8) is 0 Å². The number of ether oxygens (including phenoxy) is 1. The smallest absolute Gasteiger partial charge is 0.165 e. The normalized spacial score (nSPS) is 27.3. The minimum atomic E-state index is -0.632. The molecule has 0 aromatic heterocycles. The molecular weight excluding hydrogens is 361 g/mol. The van der Waals surface area contributed by atoms with Crippen LogP contribution >= 0.6 is 0 Å². The average molecular weight is 388 g/mol. The highest BCUT2D eigenvalue weighted by atomic mass is 19.1. The van der Waals surface area contributed by atoms with Crippen LogP contribution in [0.2, 0.25) is 0 Å². The Balaban J connectivity index is 1.59. The highest BCUT2D eigenvalue weighted by Crippen LogP contribution is 2.48. The Labute approximate surface area is 164 Å². The minimum absolute atomic E-state index is 0.0553. The summed E-state index contributed by atoms with van der Waals surface area (Å²) in [5.41, 5.74) is 0.750. The van der Waals surface area contributed by atoms with Gasteiger partial charge in [-0.15, -0.1) is 0 Å². The van der Waals surface area contributed by atoms with Crippen LogP contribution in [0.5, 0.6) is 5.75 Å². The Kier molecular flexibility index (Phi) is 5.39. The molecule has 0 N–H and O–H groups in total. The van der Waals surface area contributed by atoms with Crippen molar-refractivity contribution in [3.8, 4) is 16.9 Å². The second kappa shape index (κ2) is 7.81. The van der Waals surface area contributed by atoms with Gasteiger partial charge in [-0.1, -0.05) is 19.4 Å². The standard InChI is InChI=1S/C24H27F3O/c1-14-3-4-16-10-17(6-5-15(16)9-14)19-12-21(26)24(22(27)13-19)18-7-8-23(28-2)20(25)11-18/h7-8,11-17H,3-6,9-10H2,1-2H3. The Bertz CT molecular complexity index is 840. The lowest BCUT2D eigenvalue weighted by Crippen LogP contribution is -2.29. The van der Waals surface area contributed by atoms with Crippen LogP contribution < -0.4 is 4.74 Å². The molecule has 0 amide bonds. The van der Waals surface area contributed by atoms with Gasteiger partial charge < -0.3 is 4.74 Å². The molecule has 0 bridgehead atoms. The molecule has 0 spiro atoms. The fourth-order valence-electron chi connectivity index (χ4n) is 5.35. The van der Waals surface area contributed by atoms with Gasteiger partial charge in [0.25, 0.3) is 0 Å². The van der Waals surface area contributed by atoms with E-state index in [1.807, 2.05) is 0 Å². The summed E-state index contributed by atoms with van der Waals surface area (Å²) < 4.78 is 48.6. The van der Waals surface area contributed by atoms with Crippen LogP contribution in [0.15, 0.2) is 30.3 Å². The fraction of sp³-hybridized carbons (Fsp3) is 0.500. The summed E-state index contributed by atoms with van der Waals surface area (Å²) in [6.45, 7) is 2.33. The highest BCUT2D eigenvalue weighted by Gasteiger charge is 2.35. The zero-order valence-corrected chi connectivity index (χ0v) is 16.5. The SMILES string of the molecule is COc1ccc(-c2c(F)cc(C3CCC4CC(C)CCC4C3)cc2F)cc1F. The predicted octanol–water partition coefficient (Wildman–Crippen LogP) is 7.10. The van der Waals surface area contributed by atoms with Gasteiger partial charge in [0.15, 0.2) is 11.6 Å². The monoisotopic (exact) mass is 388 g/mol. The van der Waals surface area contributed by atoms with E-state index in [4.69, 9.17) is 4.74 Å². The lowest BCUT2D eigenvalue weighted by molar-refractivity contribution is 0.124. The van der Waals surface area contributed by atoms with Crippen molar-refractivity contribution in [1.29, 1.82) is 0 Å². The minimum Gasteiger partial charge on any atom is -0.494 e. The first-order valence-electron chi connectivity index (χ1n) is 10.3. The van der Waals surface area contributed by atoms with Gasteiger partial charge in [0.2, 0.25) is 0 Å². The third kappa shape index (κ3) is 3.66. The number of fused-ring (bicyclic) bond motifs is 1. The predicted molar refractivity (Wildman–Crippen MR) is 105 cm³/mol. The summed E-state index contributed by atoms with van der Waals surface area (Å²) >= 11 is 0. The van der Waals surface area contributed by atoms with E-state index in [0.717, 1.165) is 42.7 Å². The largest absolute Gasteiger partial charge is 0.494 e. The van der Waals surface area contributed by atoms with Crippen molar-refractivity contribution in [3.05, 3.63) is 53.3 Å². The first-order valence-corrected chi connectivity index (χ1v) is 10.3. The van der Waals surface area contributed by atoms with Crippen LogP contribution in [0.4, 0.5) is 13.2 Å². The molecule has 1 nitrogen and oxygen atoms in total. The Hall–Kier alpha value is -1.97. The van der Waals surface area contributed by atoms with Gasteiger partial charge in [0, 0.05) is 0 Å². The highest BCUT2D eigenvalue weighted by molar-refractivity contribution is 5.66. The Morgan fingerprint density at radius 3 is 2.18 bits per heavy atom. The molecule has 0 radical (unpaired) electrons. The molecule has 2 aromatic carbocycles. The zero-order chi connectivity index (χ0) is 19.8. The maximum Gasteiger partial charge on any atom is 0.165 e. The molecule has 4 rings (SSSR count). The fourth-order valence-corrected chi connectivity index (χ4v) is 5.35. The number of hydrogen-bond donors (Lipinski definition) is 0. The van der Waals surface area contributed by atoms with Gasteiger partial charge in [-0.2, -0.15) is 0 Å². The van der Waals surface area contributed by atoms with Crippen molar-refractivity contribution in [2.24, 2.45) is 17.8 Å². The summed E-state index contributed by atoms with van der Waals surface area (Å²) in [4.78, 5) is 0. The number of rotatable bonds is 3. The average Bonchev–Trinajstić information content (AvgIpc) is 2.67. The molecule has 2 fully saturated rings. The van der Waals surface area contributed by atoms with Crippen molar-refractivity contribution in [2.75, 3.05) is 7.11 Å². The Morgan fingerprint density at radius 2 is 1.50 bits per heavy atom. The van der Waals surface area contributed by atoms with Crippen LogP contribution in [0.25, 0.3) is 11.1 Å². The second-order valence-electron chi connectivity index (χ2n) is 8.66. The van der Waals surface area contributed by atoms with E-state index in [1.54, 1.807) is 0 Å². The van der Waals surface area contributed by atoms with Gasteiger partial charge in [0.05, 0.1) is 12.7 Å². The first-order chi connectivity index (χ1) is 13.5. The van der Waals surface area contributed by atoms with Crippen LogP contribution in [0.1, 0.15) is 56.9 Å². The van der Waals surface area contributed by atoms with Gasteiger partial charge in [-0.3, -0.25) is 0 Å². The lowest BCUT2D eigenvalue weighted by Gasteiger charge is -2.41. The Morgan fingerprint density at radius 1 is 0.821 bits per heavy atom.